The maximum absolute atomic E-state index is 9.87. The van der Waals surface area contributed by atoms with Gasteiger partial charge in [-0.25, -0.2) is 0 Å². The number of ketones is 1. The number of hydrogen-bond acceptors (Lipinski definition) is 4. The predicted molar refractivity (Wildman–Crippen MR) is 155 cm³/mol. The highest BCUT2D eigenvalue weighted by Gasteiger charge is 2.21. The molecule has 0 fully saturated rings. The molecule has 0 atom stereocenters. The molecule has 1 N–H and O–H groups in total. The average Bonchev–Trinajstić information content (AvgIpc) is 2.84. The van der Waals surface area contributed by atoms with Crippen molar-refractivity contribution in [3.8, 4) is 0 Å². The molecule has 0 aliphatic heterocycles. The van der Waals surface area contributed by atoms with Crippen LogP contribution in [0.3, 0.4) is 0 Å². The van der Waals surface area contributed by atoms with Gasteiger partial charge >= 0.3 is 20.8 Å². The molecule has 36 heavy (non-hydrogen) atoms. The van der Waals surface area contributed by atoms with Crippen LogP contribution in [0, 0.1) is 0 Å². The van der Waals surface area contributed by atoms with Crippen molar-refractivity contribution in [1.82, 2.24) is 0 Å². The highest BCUT2D eigenvalue weighted by Crippen LogP contribution is 2.12. The van der Waals surface area contributed by atoms with Crippen LogP contribution in [0.15, 0.2) is 0 Å². The van der Waals surface area contributed by atoms with Gasteiger partial charge in [0.15, 0.2) is 0 Å². The van der Waals surface area contributed by atoms with Crippen LogP contribution in [0.25, 0.3) is 0 Å². The van der Waals surface area contributed by atoms with Crippen molar-refractivity contribution in [2.24, 2.45) is 0 Å². The normalized spacial score (nSPS) is 10.7. The Kier molecular flexibility index (Phi) is 34.2. The number of rotatable bonds is 27. The number of Topliss-reactive ketones (excluding diaryl/α,β-unsaturated/α-hetero) is 1. The minimum Gasteiger partial charge on any atom is -0.481 e. The van der Waals surface area contributed by atoms with Gasteiger partial charge in [0.2, 0.25) is 0 Å². The van der Waals surface area contributed by atoms with Gasteiger partial charge in [-0.15, -0.1) is 0 Å². The minimum atomic E-state index is -1.38. The van der Waals surface area contributed by atoms with Crippen molar-refractivity contribution in [2.45, 2.75) is 168 Å². The fraction of sp³-hybridized carbons (Fsp3) is 0.933. The van der Waals surface area contributed by atoms with E-state index in [-0.39, 0.29) is 12.2 Å². The number of carboxylic acid groups (broad SMARTS) is 1. The van der Waals surface area contributed by atoms with Crippen molar-refractivity contribution >= 4 is 26.6 Å². The Hall–Kier alpha value is -0.408. The van der Waals surface area contributed by atoms with E-state index in [1.807, 2.05) is 0 Å². The molecule has 0 aromatic carbocycles. The first-order chi connectivity index (χ1) is 17.5. The zero-order chi connectivity index (χ0) is 27.1. The summed E-state index contributed by atoms with van der Waals surface area (Å²) in [7, 11) is 0. The Balaban J connectivity index is 0. The second kappa shape index (κ2) is 32.6. The number of carboxylic acids is 1. The predicted octanol–water partition coefficient (Wildman–Crippen LogP) is 9.42. The van der Waals surface area contributed by atoms with Crippen LogP contribution in [0.1, 0.15) is 163 Å². The second-order valence-electron chi connectivity index (χ2n) is 10.2. The lowest BCUT2D eigenvalue weighted by molar-refractivity contribution is -0.139. The quantitative estimate of drug-likeness (QED) is 0.0653. The highest BCUT2D eigenvalue weighted by molar-refractivity contribution is 6.44. The summed E-state index contributed by atoms with van der Waals surface area (Å²) in [6.45, 7) is 9.91. The molecular formula is C30H61AlO5. The van der Waals surface area contributed by atoms with Crippen LogP contribution in [0.5, 0.6) is 0 Å². The van der Waals surface area contributed by atoms with E-state index in [0.29, 0.717) is 0 Å². The van der Waals surface area contributed by atoms with E-state index < -0.39 is 20.8 Å². The van der Waals surface area contributed by atoms with Crippen LogP contribution in [0.4, 0.5) is 0 Å². The zero-order valence-corrected chi connectivity index (χ0v) is 25.8. The molecule has 0 aromatic heterocycles. The van der Waals surface area contributed by atoms with Gasteiger partial charge in [-0.3, -0.25) is 9.59 Å². The maximum atomic E-state index is 9.87. The monoisotopic (exact) mass is 528 g/mol. The van der Waals surface area contributed by atoms with Gasteiger partial charge in [-0.05, 0) is 25.0 Å². The Bertz CT molecular complexity index is 421. The largest absolute Gasteiger partial charge is 0.674 e. The molecule has 214 valence electrons. The molecule has 0 bridgehead atoms. The first kappa shape index (κ1) is 37.7. The molecule has 0 radical (unpaired) electrons. The van der Waals surface area contributed by atoms with Crippen molar-refractivity contribution in [2.75, 3.05) is 13.2 Å². The van der Waals surface area contributed by atoms with Crippen molar-refractivity contribution in [3.63, 3.8) is 0 Å². The van der Waals surface area contributed by atoms with Gasteiger partial charge in [0.1, 0.15) is 12.2 Å². The summed E-state index contributed by atoms with van der Waals surface area (Å²) in [5, 5.41) is 8.97. The molecule has 0 aliphatic rings. The maximum Gasteiger partial charge on any atom is 0.674 e. The van der Waals surface area contributed by atoms with Crippen LogP contribution in [0.2, 0.25) is 5.28 Å². The van der Waals surface area contributed by atoms with Gasteiger partial charge < -0.3 is 12.7 Å². The lowest BCUT2D eigenvalue weighted by atomic mass is 10.1. The van der Waals surface area contributed by atoms with E-state index in [4.69, 9.17) is 12.7 Å². The zero-order valence-electron chi connectivity index (χ0n) is 24.6. The van der Waals surface area contributed by atoms with E-state index in [0.717, 1.165) is 18.5 Å². The van der Waals surface area contributed by atoms with E-state index >= 15 is 0 Å². The molecule has 0 aromatic rings. The molecule has 0 unspecified atom stereocenters. The van der Waals surface area contributed by atoms with Gasteiger partial charge in [0.05, 0.1) is 0 Å². The van der Waals surface area contributed by atoms with Crippen molar-refractivity contribution in [1.29, 1.82) is 0 Å². The number of hydrogen-bond donors (Lipinski definition) is 1. The van der Waals surface area contributed by atoms with Gasteiger partial charge in [0.25, 0.3) is 0 Å². The molecule has 0 amide bonds. The van der Waals surface area contributed by atoms with Crippen molar-refractivity contribution < 1.29 is 22.3 Å². The lowest BCUT2D eigenvalue weighted by Gasteiger charge is -2.12. The molecular weight excluding hydrogens is 467 g/mol. The molecule has 0 aliphatic carbocycles. The van der Waals surface area contributed by atoms with Crippen LogP contribution < -0.4 is 0 Å². The summed E-state index contributed by atoms with van der Waals surface area (Å²) in [4.78, 5) is 19.5. The first-order valence-corrected chi connectivity index (χ1v) is 17.2. The fourth-order valence-electron chi connectivity index (χ4n) is 4.11. The van der Waals surface area contributed by atoms with Gasteiger partial charge in [-0.1, -0.05) is 136 Å². The Morgan fingerprint density at radius 2 is 0.861 bits per heavy atom. The summed E-state index contributed by atoms with van der Waals surface area (Å²) in [6.07, 6.45) is 27.4. The topological polar surface area (TPSA) is 72.8 Å². The molecule has 0 heterocycles. The fourth-order valence-corrected chi connectivity index (χ4v) is 5.53. The molecule has 6 heteroatoms. The summed E-state index contributed by atoms with van der Waals surface area (Å²) in [5.41, 5.74) is 0. The number of aliphatic carboxylic acids is 1. The number of carbonyl (C=O) groups excluding carboxylic acids is 1. The Labute approximate surface area is 229 Å². The van der Waals surface area contributed by atoms with Crippen LogP contribution in [-0.4, -0.2) is 44.9 Å². The van der Waals surface area contributed by atoms with Gasteiger partial charge in [-0.2, -0.15) is 0 Å². The molecule has 0 rings (SSSR count). The lowest BCUT2D eigenvalue weighted by Crippen LogP contribution is -2.23. The van der Waals surface area contributed by atoms with E-state index in [9.17, 15) is 9.59 Å². The smallest absolute Gasteiger partial charge is 0.481 e. The molecule has 0 saturated heterocycles. The third-order valence-corrected chi connectivity index (χ3v) is 8.22. The number of unbranched alkanes of at least 4 members (excludes halogenated alkanes) is 18. The van der Waals surface area contributed by atoms with E-state index in [1.54, 1.807) is 0 Å². The summed E-state index contributed by atoms with van der Waals surface area (Å²) in [5.74, 6) is -1.37. The Morgan fingerprint density at radius 1 is 0.556 bits per heavy atom. The average molecular weight is 529 g/mol. The molecule has 0 spiro atoms. The summed E-state index contributed by atoms with van der Waals surface area (Å²) in [6, 6.07) is 0. The minimum absolute atomic E-state index is 0.312. The van der Waals surface area contributed by atoms with Crippen LogP contribution >= 0.6 is 0 Å². The summed E-state index contributed by atoms with van der Waals surface area (Å²) < 4.78 is 12.1. The third-order valence-electron chi connectivity index (χ3n) is 6.34. The summed E-state index contributed by atoms with van der Waals surface area (Å²) >= 11 is -1.38. The first-order valence-electron chi connectivity index (χ1n) is 15.4. The molecule has 0 saturated carbocycles. The third kappa shape index (κ3) is 35.8. The second-order valence-corrected chi connectivity index (χ2v) is 12.6. The number of carbonyl (C=O) groups is 2. The SMILES string of the molecule is CC(=O)CC(=O)O.CCCCCCCCCCCC[O][Al]([CH2]C)[O]CCCCCCCCCCCC. The van der Waals surface area contributed by atoms with Gasteiger partial charge in [0, 0.05) is 13.2 Å². The van der Waals surface area contributed by atoms with E-state index in [2.05, 4.69) is 20.8 Å². The highest BCUT2D eigenvalue weighted by atomic mass is 27.2. The van der Waals surface area contributed by atoms with E-state index in [1.165, 1.54) is 135 Å². The van der Waals surface area contributed by atoms with Crippen LogP contribution in [-0.2, 0) is 17.2 Å². The van der Waals surface area contributed by atoms with Crippen molar-refractivity contribution in [3.05, 3.63) is 0 Å². The standard InChI is InChI=1S/2C12H25O.C4H6O3.C2H5.Al/c2*1-2-3-4-5-6-7-8-9-10-11-12-13;1-3(5)2-4(6)7;1-2;/h2*2-12H2,1H3;2H2,1H3,(H,6,7);1H2,2H3;/q2*-1;;;+2. The molecule has 5 nitrogen and oxygen atoms in total. The Morgan fingerprint density at radius 3 is 1.08 bits per heavy atom.